The molecule has 0 saturated carbocycles. The fraction of sp³-hybridized carbons (Fsp3) is 0.353. The Bertz CT molecular complexity index is 560. The molecule has 0 aliphatic carbocycles. The van der Waals surface area contributed by atoms with Crippen LogP contribution in [0.4, 0.5) is 4.79 Å². The van der Waals surface area contributed by atoms with Crippen molar-refractivity contribution in [3.8, 4) is 0 Å². The summed E-state index contributed by atoms with van der Waals surface area (Å²) in [5, 5.41) is 8.28. The molecule has 0 unspecified atom stereocenters. The van der Waals surface area contributed by atoms with Crippen molar-refractivity contribution in [1.82, 2.24) is 10.6 Å². The average molecular weight is 270 g/mol. The van der Waals surface area contributed by atoms with Crippen LogP contribution in [-0.2, 0) is 6.42 Å². The summed E-state index contributed by atoms with van der Waals surface area (Å²) in [5.41, 5.74) is 1.35. The van der Waals surface area contributed by atoms with Crippen molar-refractivity contribution in [2.45, 2.75) is 26.2 Å². The summed E-state index contributed by atoms with van der Waals surface area (Å²) >= 11 is 0. The molecule has 0 saturated heterocycles. The van der Waals surface area contributed by atoms with Gasteiger partial charge in [-0.15, -0.1) is 0 Å². The summed E-state index contributed by atoms with van der Waals surface area (Å²) in [6, 6.07) is 14.8. The summed E-state index contributed by atoms with van der Waals surface area (Å²) in [4.78, 5) is 11.4. The van der Waals surface area contributed by atoms with Gasteiger partial charge >= 0.3 is 6.03 Å². The first kappa shape index (κ1) is 14.4. The molecule has 2 N–H and O–H groups in total. The van der Waals surface area contributed by atoms with E-state index in [-0.39, 0.29) is 6.03 Å². The molecule has 0 fully saturated rings. The number of nitrogens with one attached hydrogen (secondary N) is 2. The van der Waals surface area contributed by atoms with Crippen molar-refractivity contribution in [1.29, 1.82) is 0 Å². The number of carbonyl (C=O) groups excluding carboxylic acids is 1. The van der Waals surface area contributed by atoms with Gasteiger partial charge in [0.05, 0.1) is 0 Å². The molecule has 0 aliphatic heterocycles. The van der Waals surface area contributed by atoms with Gasteiger partial charge in [0, 0.05) is 13.1 Å². The van der Waals surface area contributed by atoms with E-state index in [4.69, 9.17) is 0 Å². The van der Waals surface area contributed by atoms with E-state index in [1.807, 2.05) is 6.92 Å². The number of amides is 2. The first-order valence-corrected chi connectivity index (χ1v) is 7.29. The summed E-state index contributed by atoms with van der Waals surface area (Å²) in [6.45, 7) is 3.48. The van der Waals surface area contributed by atoms with E-state index in [0.717, 1.165) is 25.8 Å². The second kappa shape index (κ2) is 7.53. The van der Waals surface area contributed by atoms with Crippen LogP contribution >= 0.6 is 0 Å². The summed E-state index contributed by atoms with van der Waals surface area (Å²) in [5.74, 6) is 0. The van der Waals surface area contributed by atoms with Crippen molar-refractivity contribution >= 4 is 16.8 Å². The molecule has 0 bridgehead atoms. The van der Waals surface area contributed by atoms with Crippen LogP contribution in [0, 0.1) is 0 Å². The highest BCUT2D eigenvalue weighted by atomic mass is 16.2. The predicted molar refractivity (Wildman–Crippen MR) is 84.0 cm³/mol. The van der Waals surface area contributed by atoms with E-state index >= 15 is 0 Å². The van der Waals surface area contributed by atoms with Gasteiger partial charge in [-0.05, 0) is 35.6 Å². The van der Waals surface area contributed by atoms with Gasteiger partial charge in [0.1, 0.15) is 0 Å². The van der Waals surface area contributed by atoms with Gasteiger partial charge in [0.25, 0.3) is 0 Å². The maximum atomic E-state index is 11.4. The molecule has 0 atom stereocenters. The quantitative estimate of drug-likeness (QED) is 0.775. The van der Waals surface area contributed by atoms with Gasteiger partial charge in [-0.1, -0.05) is 49.4 Å². The fourth-order valence-electron chi connectivity index (χ4n) is 2.29. The molecule has 2 aromatic carbocycles. The lowest BCUT2D eigenvalue weighted by atomic mass is 10.0. The van der Waals surface area contributed by atoms with Crippen LogP contribution in [0.1, 0.15) is 25.3 Å². The first-order chi connectivity index (χ1) is 9.81. The minimum atomic E-state index is -0.0650. The number of urea groups is 1. The van der Waals surface area contributed by atoms with E-state index in [1.54, 1.807) is 0 Å². The standard InChI is InChI=1S/C17H22N2O/c1-2-12-18-17(20)19-13-6-10-15-9-5-8-14-7-3-4-11-16(14)15/h3-5,7-9,11H,2,6,10,12-13H2,1H3,(H2,18,19,20). The summed E-state index contributed by atoms with van der Waals surface area (Å²) < 4.78 is 0. The van der Waals surface area contributed by atoms with E-state index < -0.39 is 0 Å². The predicted octanol–water partition coefficient (Wildman–Crippen LogP) is 3.48. The van der Waals surface area contributed by atoms with Crippen molar-refractivity contribution in [2.75, 3.05) is 13.1 Å². The minimum absolute atomic E-state index is 0.0650. The average Bonchev–Trinajstić information content (AvgIpc) is 2.49. The summed E-state index contributed by atoms with van der Waals surface area (Å²) in [7, 11) is 0. The van der Waals surface area contributed by atoms with Crippen LogP contribution in [0.5, 0.6) is 0 Å². The molecule has 0 spiro atoms. The van der Waals surface area contributed by atoms with Crippen LogP contribution in [0.3, 0.4) is 0 Å². The van der Waals surface area contributed by atoms with Gasteiger partial charge in [-0.2, -0.15) is 0 Å². The molecule has 2 amide bonds. The largest absolute Gasteiger partial charge is 0.338 e. The van der Waals surface area contributed by atoms with Gasteiger partial charge in [-0.3, -0.25) is 0 Å². The van der Waals surface area contributed by atoms with Gasteiger partial charge in [-0.25, -0.2) is 4.79 Å². The van der Waals surface area contributed by atoms with Gasteiger partial charge in [0.2, 0.25) is 0 Å². The zero-order chi connectivity index (χ0) is 14.2. The molecule has 0 heterocycles. The number of benzene rings is 2. The maximum Gasteiger partial charge on any atom is 0.314 e. The Kier molecular flexibility index (Phi) is 5.42. The molecule has 0 aliphatic rings. The molecule has 3 heteroatoms. The van der Waals surface area contributed by atoms with Gasteiger partial charge in [0.15, 0.2) is 0 Å². The maximum absolute atomic E-state index is 11.4. The fourth-order valence-corrected chi connectivity index (χ4v) is 2.29. The van der Waals surface area contributed by atoms with Crippen molar-refractivity contribution < 1.29 is 4.79 Å². The highest BCUT2D eigenvalue weighted by Gasteiger charge is 2.01. The smallest absolute Gasteiger partial charge is 0.314 e. The van der Waals surface area contributed by atoms with Gasteiger partial charge < -0.3 is 10.6 Å². The third-order valence-electron chi connectivity index (χ3n) is 3.32. The topological polar surface area (TPSA) is 41.1 Å². The number of aryl methyl sites for hydroxylation is 1. The molecule has 0 aromatic heterocycles. The second-order valence-electron chi connectivity index (χ2n) is 4.92. The van der Waals surface area contributed by atoms with Crippen molar-refractivity contribution in [3.05, 3.63) is 48.0 Å². The van der Waals surface area contributed by atoms with E-state index in [9.17, 15) is 4.79 Å². The first-order valence-electron chi connectivity index (χ1n) is 7.29. The van der Waals surface area contributed by atoms with E-state index in [0.29, 0.717) is 6.54 Å². The minimum Gasteiger partial charge on any atom is -0.338 e. The highest BCUT2D eigenvalue weighted by Crippen LogP contribution is 2.19. The summed E-state index contributed by atoms with van der Waals surface area (Å²) in [6.07, 6.45) is 2.90. The number of hydrogen-bond acceptors (Lipinski definition) is 1. The Balaban J connectivity index is 1.83. The van der Waals surface area contributed by atoms with Crippen LogP contribution < -0.4 is 10.6 Å². The molecule has 2 aromatic rings. The number of rotatable bonds is 6. The molecular weight excluding hydrogens is 248 g/mol. The molecule has 2 rings (SSSR count). The molecule has 106 valence electrons. The number of fused-ring (bicyclic) bond motifs is 1. The lowest BCUT2D eigenvalue weighted by molar-refractivity contribution is 0.241. The molecule has 0 radical (unpaired) electrons. The Labute approximate surface area is 120 Å². The Morgan fingerprint density at radius 1 is 1.00 bits per heavy atom. The highest BCUT2D eigenvalue weighted by molar-refractivity contribution is 5.85. The zero-order valence-corrected chi connectivity index (χ0v) is 12.0. The van der Waals surface area contributed by atoms with Crippen LogP contribution in [-0.4, -0.2) is 19.1 Å². The SMILES string of the molecule is CCCNC(=O)NCCCc1cccc2ccccc12. The third-order valence-corrected chi connectivity index (χ3v) is 3.32. The van der Waals surface area contributed by atoms with E-state index in [2.05, 4.69) is 53.1 Å². The lowest BCUT2D eigenvalue weighted by Crippen LogP contribution is -2.36. The van der Waals surface area contributed by atoms with Crippen LogP contribution in [0.25, 0.3) is 10.8 Å². The van der Waals surface area contributed by atoms with Crippen molar-refractivity contribution in [3.63, 3.8) is 0 Å². The Morgan fingerprint density at radius 3 is 2.60 bits per heavy atom. The number of hydrogen-bond donors (Lipinski definition) is 2. The molecule has 20 heavy (non-hydrogen) atoms. The molecular formula is C17H22N2O. The zero-order valence-electron chi connectivity index (χ0n) is 12.0. The van der Waals surface area contributed by atoms with Crippen molar-refractivity contribution in [2.24, 2.45) is 0 Å². The van der Waals surface area contributed by atoms with Crippen LogP contribution in [0.2, 0.25) is 0 Å². The van der Waals surface area contributed by atoms with Crippen LogP contribution in [0.15, 0.2) is 42.5 Å². The monoisotopic (exact) mass is 270 g/mol. The molecule has 3 nitrogen and oxygen atoms in total. The number of carbonyl (C=O) groups is 1. The lowest BCUT2D eigenvalue weighted by Gasteiger charge is -2.08. The second-order valence-corrected chi connectivity index (χ2v) is 4.92. The Hall–Kier alpha value is -2.03. The Morgan fingerprint density at radius 2 is 1.75 bits per heavy atom. The normalized spacial score (nSPS) is 10.4. The third kappa shape index (κ3) is 3.98. The van der Waals surface area contributed by atoms with E-state index in [1.165, 1.54) is 16.3 Å².